The number of para-hydroxylation sites is 2. The largest absolute Gasteiger partial charge is 0.454 e. The number of fused-ring (bicyclic) bond motifs is 4. The average Bonchev–Trinajstić information content (AvgIpc) is 3.46. The molecule has 3 heterocycles. The summed E-state index contributed by atoms with van der Waals surface area (Å²) in [6.07, 6.45) is 3.83. The molecule has 1 aliphatic carbocycles. The minimum Gasteiger partial charge on any atom is -0.454 e. The maximum atomic E-state index is 14.3. The summed E-state index contributed by atoms with van der Waals surface area (Å²) in [6, 6.07) is 25.3. The number of rotatable bonds is 5. The van der Waals surface area contributed by atoms with E-state index < -0.39 is 0 Å². The molecular weight excluding hydrogens is 478 g/mol. The molecule has 7 nitrogen and oxygen atoms in total. The van der Waals surface area contributed by atoms with Gasteiger partial charge in [0.05, 0.1) is 17.1 Å². The van der Waals surface area contributed by atoms with Gasteiger partial charge in [-0.1, -0.05) is 42.0 Å². The summed E-state index contributed by atoms with van der Waals surface area (Å²) < 4.78 is 13.0. The number of anilines is 1. The van der Waals surface area contributed by atoms with Crippen LogP contribution in [0.5, 0.6) is 11.5 Å². The van der Waals surface area contributed by atoms with E-state index in [9.17, 15) is 9.59 Å². The number of carbonyl (C=O) groups is 2. The summed E-state index contributed by atoms with van der Waals surface area (Å²) >= 11 is 0. The molecule has 2 aliphatic heterocycles. The normalized spacial score (nSPS) is 17.1. The standard InChI is InChI=1S/C31H27N3O4/c1-20-8-10-21(11-9-20)30-26-7-4-16-32(26)24-5-2-3-6-25(24)34(30)29(35)18-33(23-13-14-23)31(36)22-12-15-27-28(17-22)38-19-37-27/h2-12,15-17,23,30H,13-14,18-19H2,1H3. The predicted molar refractivity (Wildman–Crippen MR) is 143 cm³/mol. The molecule has 4 aromatic rings. The van der Waals surface area contributed by atoms with Gasteiger partial charge in [-0.05, 0) is 67.8 Å². The van der Waals surface area contributed by atoms with Gasteiger partial charge in [0.2, 0.25) is 12.7 Å². The SMILES string of the molecule is Cc1ccc(C2c3cccn3-c3ccccc3N2C(=O)CN(C(=O)c2ccc3c(c2)OCO3)C2CC2)cc1. The van der Waals surface area contributed by atoms with Crippen LogP contribution in [0.1, 0.15) is 46.1 Å². The molecule has 0 spiro atoms. The Morgan fingerprint density at radius 3 is 2.45 bits per heavy atom. The minimum atomic E-state index is -0.310. The first-order valence-electron chi connectivity index (χ1n) is 12.9. The number of aryl methyl sites for hydroxylation is 1. The highest BCUT2D eigenvalue weighted by Crippen LogP contribution is 2.43. The van der Waals surface area contributed by atoms with Crippen molar-refractivity contribution in [2.24, 2.45) is 0 Å². The van der Waals surface area contributed by atoms with E-state index in [2.05, 4.69) is 41.8 Å². The molecule has 1 aromatic heterocycles. The maximum absolute atomic E-state index is 14.3. The fraction of sp³-hybridized carbons (Fsp3) is 0.226. The fourth-order valence-electron chi connectivity index (χ4n) is 5.50. The first kappa shape index (κ1) is 22.7. The molecule has 0 bridgehead atoms. The number of benzene rings is 3. The van der Waals surface area contributed by atoms with E-state index >= 15 is 0 Å². The van der Waals surface area contributed by atoms with Crippen molar-refractivity contribution in [3.05, 3.63) is 107 Å². The number of hydrogen-bond acceptors (Lipinski definition) is 4. The lowest BCUT2D eigenvalue weighted by Gasteiger charge is -2.39. The Hall–Kier alpha value is -4.52. The van der Waals surface area contributed by atoms with Crippen molar-refractivity contribution in [1.82, 2.24) is 9.47 Å². The lowest BCUT2D eigenvalue weighted by Crippen LogP contribution is -2.47. The molecule has 3 aliphatic rings. The van der Waals surface area contributed by atoms with Crippen molar-refractivity contribution in [3.63, 3.8) is 0 Å². The van der Waals surface area contributed by atoms with Gasteiger partial charge in [0, 0.05) is 17.8 Å². The van der Waals surface area contributed by atoms with Crippen molar-refractivity contribution >= 4 is 17.5 Å². The van der Waals surface area contributed by atoms with E-state index in [4.69, 9.17) is 9.47 Å². The topological polar surface area (TPSA) is 64.0 Å². The van der Waals surface area contributed by atoms with Crippen LogP contribution in [-0.2, 0) is 4.79 Å². The first-order chi connectivity index (χ1) is 18.6. The van der Waals surface area contributed by atoms with Gasteiger partial charge in [0.1, 0.15) is 12.6 Å². The van der Waals surface area contributed by atoms with Gasteiger partial charge in [0.15, 0.2) is 11.5 Å². The Morgan fingerprint density at radius 2 is 1.66 bits per heavy atom. The molecule has 3 aromatic carbocycles. The highest BCUT2D eigenvalue weighted by atomic mass is 16.7. The summed E-state index contributed by atoms with van der Waals surface area (Å²) in [5.41, 5.74) is 5.48. The minimum absolute atomic E-state index is 0.00462. The van der Waals surface area contributed by atoms with E-state index in [1.54, 1.807) is 23.1 Å². The lowest BCUT2D eigenvalue weighted by atomic mass is 9.97. The first-order valence-corrected chi connectivity index (χ1v) is 12.9. The second-order valence-corrected chi connectivity index (χ2v) is 10.1. The third kappa shape index (κ3) is 3.74. The molecule has 1 unspecified atom stereocenters. The smallest absolute Gasteiger partial charge is 0.254 e. The van der Waals surface area contributed by atoms with Gasteiger partial charge in [0.25, 0.3) is 5.91 Å². The zero-order valence-corrected chi connectivity index (χ0v) is 21.0. The van der Waals surface area contributed by atoms with Crippen LogP contribution in [0.4, 0.5) is 5.69 Å². The van der Waals surface area contributed by atoms with Gasteiger partial charge >= 0.3 is 0 Å². The van der Waals surface area contributed by atoms with Crippen LogP contribution in [0.25, 0.3) is 5.69 Å². The second-order valence-electron chi connectivity index (χ2n) is 10.1. The zero-order chi connectivity index (χ0) is 25.8. The second kappa shape index (κ2) is 8.80. The summed E-state index contributed by atoms with van der Waals surface area (Å²) in [7, 11) is 0. The van der Waals surface area contributed by atoms with Gasteiger partial charge < -0.3 is 18.9 Å². The van der Waals surface area contributed by atoms with E-state index in [-0.39, 0.29) is 37.2 Å². The van der Waals surface area contributed by atoms with Crippen LogP contribution in [0, 0.1) is 6.92 Å². The number of amides is 2. The summed E-state index contributed by atoms with van der Waals surface area (Å²) in [6.45, 7) is 2.20. The number of nitrogens with zero attached hydrogens (tertiary/aromatic N) is 3. The third-order valence-electron chi connectivity index (χ3n) is 7.55. The third-order valence-corrected chi connectivity index (χ3v) is 7.55. The number of aromatic nitrogens is 1. The van der Waals surface area contributed by atoms with Crippen LogP contribution < -0.4 is 14.4 Å². The monoisotopic (exact) mass is 505 g/mol. The van der Waals surface area contributed by atoms with Crippen molar-refractivity contribution < 1.29 is 19.1 Å². The van der Waals surface area contributed by atoms with Crippen molar-refractivity contribution in [2.75, 3.05) is 18.2 Å². The Morgan fingerprint density at radius 1 is 0.895 bits per heavy atom. The highest BCUT2D eigenvalue weighted by Gasteiger charge is 2.40. The maximum Gasteiger partial charge on any atom is 0.254 e. The Bertz CT molecular complexity index is 1550. The zero-order valence-electron chi connectivity index (χ0n) is 21.0. The van der Waals surface area contributed by atoms with Gasteiger partial charge in [-0.25, -0.2) is 0 Å². The average molecular weight is 506 g/mol. The predicted octanol–water partition coefficient (Wildman–Crippen LogP) is 5.26. The van der Waals surface area contributed by atoms with Crippen LogP contribution in [0.3, 0.4) is 0 Å². The summed E-state index contributed by atoms with van der Waals surface area (Å²) in [4.78, 5) is 31.6. The number of ether oxygens (including phenoxy) is 2. The van der Waals surface area contributed by atoms with E-state index in [0.717, 1.165) is 41.0 Å². The highest BCUT2D eigenvalue weighted by molar-refractivity contribution is 6.03. The molecule has 1 atom stereocenters. The Balaban J connectivity index is 1.27. The molecule has 2 amide bonds. The molecule has 0 radical (unpaired) electrons. The van der Waals surface area contributed by atoms with E-state index in [1.807, 2.05) is 41.4 Å². The van der Waals surface area contributed by atoms with Crippen LogP contribution >= 0.6 is 0 Å². The molecule has 0 saturated heterocycles. The summed E-state index contributed by atoms with van der Waals surface area (Å²) in [5.74, 6) is 0.906. The van der Waals surface area contributed by atoms with Gasteiger partial charge in [-0.15, -0.1) is 0 Å². The van der Waals surface area contributed by atoms with E-state index in [1.165, 1.54) is 0 Å². The molecular formula is C31H27N3O4. The van der Waals surface area contributed by atoms with Crippen molar-refractivity contribution in [1.29, 1.82) is 0 Å². The van der Waals surface area contributed by atoms with E-state index in [0.29, 0.717) is 17.1 Å². The number of hydrogen-bond donors (Lipinski definition) is 0. The lowest BCUT2D eigenvalue weighted by molar-refractivity contribution is -0.119. The summed E-state index contributed by atoms with van der Waals surface area (Å²) in [5, 5.41) is 0. The van der Waals surface area contributed by atoms with Crippen LogP contribution in [0.15, 0.2) is 85.1 Å². The molecule has 0 N–H and O–H groups in total. The van der Waals surface area contributed by atoms with Gasteiger partial charge in [-0.2, -0.15) is 0 Å². The number of carbonyl (C=O) groups excluding carboxylic acids is 2. The van der Waals surface area contributed by atoms with Crippen molar-refractivity contribution in [2.45, 2.75) is 31.8 Å². The Labute approximate surface area is 220 Å². The molecule has 190 valence electrons. The molecule has 1 saturated carbocycles. The fourth-order valence-corrected chi connectivity index (χ4v) is 5.50. The molecule has 7 heteroatoms. The molecule has 7 rings (SSSR count). The Kier molecular flexibility index (Phi) is 5.25. The van der Waals surface area contributed by atoms with Gasteiger partial charge in [-0.3, -0.25) is 14.5 Å². The quantitative estimate of drug-likeness (QED) is 0.371. The molecule has 1 fully saturated rings. The molecule has 38 heavy (non-hydrogen) atoms. The van der Waals surface area contributed by atoms with Crippen molar-refractivity contribution in [3.8, 4) is 17.2 Å². The van der Waals surface area contributed by atoms with Crippen LogP contribution in [0.2, 0.25) is 0 Å². The van der Waals surface area contributed by atoms with Crippen LogP contribution in [-0.4, -0.2) is 40.7 Å².